The molecule has 2 amide bonds. The molecule has 0 aliphatic carbocycles. The Kier molecular flexibility index (Phi) is 9.60. The fraction of sp³-hybridized carbons (Fsp3) is 0.125. The molecule has 0 heterocycles. The van der Waals surface area contributed by atoms with Crippen LogP contribution in [0.25, 0.3) is 0 Å². The lowest BCUT2D eigenvalue weighted by Crippen LogP contribution is -2.29. The van der Waals surface area contributed by atoms with Gasteiger partial charge in [0, 0.05) is 34.1 Å². The van der Waals surface area contributed by atoms with E-state index >= 15 is 0 Å². The molecule has 0 saturated carbocycles. The third-order valence-corrected chi connectivity index (χ3v) is 5.68. The predicted molar refractivity (Wildman–Crippen MR) is 136 cm³/mol. The fourth-order valence-corrected chi connectivity index (χ4v) is 3.49. The van der Waals surface area contributed by atoms with Crippen molar-refractivity contribution in [3.05, 3.63) is 97.4 Å². The second-order valence-corrected chi connectivity index (χ2v) is 8.72. The average molecular weight is 539 g/mol. The normalized spacial score (nSPS) is 10.8. The lowest BCUT2D eigenvalue weighted by atomic mass is 10.2. The number of nitrogens with zero attached hydrogens (tertiary/aromatic N) is 1. The topological polar surface area (TPSA) is 79.8 Å². The predicted octanol–water partition coefficient (Wildman–Crippen LogP) is 6.15. The van der Waals surface area contributed by atoms with E-state index in [1.807, 2.05) is 18.2 Å². The van der Waals surface area contributed by atoms with Crippen LogP contribution < -0.4 is 15.5 Å². The molecule has 10 heteroatoms. The molecule has 0 bridgehead atoms. The number of halogens is 4. The summed E-state index contributed by atoms with van der Waals surface area (Å²) in [6.07, 6.45) is 1.46. The molecule has 2 N–H and O–H groups in total. The molecule has 0 unspecified atom stereocenters. The molecule has 0 aliphatic heterocycles. The Morgan fingerprint density at radius 2 is 1.71 bits per heavy atom. The summed E-state index contributed by atoms with van der Waals surface area (Å²) >= 11 is 23.8. The number of hydrogen-bond acceptors (Lipinski definition) is 4. The molecule has 3 aromatic carbocycles. The fourth-order valence-electron chi connectivity index (χ4n) is 2.80. The van der Waals surface area contributed by atoms with Crippen LogP contribution in [0.5, 0.6) is 5.75 Å². The van der Waals surface area contributed by atoms with E-state index in [0.29, 0.717) is 38.6 Å². The Morgan fingerprint density at radius 3 is 2.47 bits per heavy atom. The zero-order chi connectivity index (χ0) is 24.5. The molecule has 176 valence electrons. The molecule has 3 rings (SSSR count). The lowest BCUT2D eigenvalue weighted by Gasteiger charge is -2.10. The molecular weight excluding hydrogens is 520 g/mol. The van der Waals surface area contributed by atoms with Gasteiger partial charge in [-0.1, -0.05) is 58.5 Å². The molecule has 3 aromatic rings. The summed E-state index contributed by atoms with van der Waals surface area (Å²) in [5, 5.41) is 8.34. The Hall–Kier alpha value is -2.77. The van der Waals surface area contributed by atoms with Crippen LogP contribution in [0, 0.1) is 0 Å². The maximum atomic E-state index is 12.1. The van der Waals surface area contributed by atoms with E-state index in [-0.39, 0.29) is 29.8 Å². The van der Waals surface area contributed by atoms with E-state index in [4.69, 9.17) is 51.1 Å². The van der Waals surface area contributed by atoms with Gasteiger partial charge in [0.25, 0.3) is 5.91 Å². The molecule has 0 fully saturated rings. The molecule has 0 aromatic heterocycles. The minimum Gasteiger partial charge on any atom is -0.488 e. The van der Waals surface area contributed by atoms with Crippen LogP contribution in [0.1, 0.15) is 27.9 Å². The van der Waals surface area contributed by atoms with E-state index in [9.17, 15) is 9.59 Å². The first kappa shape index (κ1) is 25.8. The maximum absolute atomic E-state index is 12.1. The molecule has 0 aliphatic rings. The SMILES string of the molecule is O=C(CCNC(=O)c1ccc(Cl)c(Cl)c1)NN=Cc1cc(Cl)ccc1OCc1cccc(Cl)c1. The molecule has 0 saturated heterocycles. The Bertz CT molecular complexity index is 1220. The van der Waals surface area contributed by atoms with Crippen LogP contribution in [0.15, 0.2) is 65.8 Å². The summed E-state index contributed by atoms with van der Waals surface area (Å²) in [6.45, 7) is 0.416. The molecule has 0 atom stereocenters. The number of rotatable bonds is 9. The highest BCUT2D eigenvalue weighted by Gasteiger charge is 2.09. The van der Waals surface area contributed by atoms with Gasteiger partial charge in [-0.05, 0) is 54.1 Å². The summed E-state index contributed by atoms with van der Waals surface area (Å²) in [5.74, 6) is -0.208. The number of hydrazone groups is 1. The number of carbonyl (C=O) groups is 2. The minimum atomic E-state index is -0.380. The number of benzene rings is 3. The van der Waals surface area contributed by atoms with Gasteiger partial charge in [-0.2, -0.15) is 5.10 Å². The van der Waals surface area contributed by atoms with E-state index in [2.05, 4.69) is 15.8 Å². The van der Waals surface area contributed by atoms with Crippen molar-refractivity contribution in [2.75, 3.05) is 6.54 Å². The smallest absolute Gasteiger partial charge is 0.251 e. The van der Waals surface area contributed by atoms with Crippen LogP contribution in [-0.4, -0.2) is 24.6 Å². The van der Waals surface area contributed by atoms with Crippen molar-refractivity contribution in [1.29, 1.82) is 0 Å². The molecular formula is C24H19Cl4N3O3. The van der Waals surface area contributed by atoms with Gasteiger partial charge >= 0.3 is 0 Å². The molecule has 0 spiro atoms. The maximum Gasteiger partial charge on any atom is 0.251 e. The van der Waals surface area contributed by atoms with Crippen molar-refractivity contribution < 1.29 is 14.3 Å². The summed E-state index contributed by atoms with van der Waals surface area (Å²) in [7, 11) is 0. The van der Waals surface area contributed by atoms with Crippen LogP contribution >= 0.6 is 46.4 Å². The Labute approximate surface area is 216 Å². The standard InChI is InChI=1S/C24H19Cl4N3O3/c25-18-3-1-2-15(10-18)14-34-22-7-5-19(26)11-17(22)13-30-31-23(32)8-9-29-24(33)16-4-6-20(27)21(28)12-16/h1-7,10-13H,8-9,14H2,(H,29,33)(H,31,32). The van der Waals surface area contributed by atoms with Gasteiger partial charge in [0.15, 0.2) is 0 Å². The lowest BCUT2D eigenvalue weighted by molar-refractivity contribution is -0.120. The van der Waals surface area contributed by atoms with E-state index in [1.165, 1.54) is 18.3 Å². The van der Waals surface area contributed by atoms with Crippen molar-refractivity contribution >= 4 is 64.4 Å². The van der Waals surface area contributed by atoms with Gasteiger partial charge in [-0.25, -0.2) is 5.43 Å². The monoisotopic (exact) mass is 537 g/mol. The van der Waals surface area contributed by atoms with E-state index in [1.54, 1.807) is 30.3 Å². The van der Waals surface area contributed by atoms with Gasteiger partial charge < -0.3 is 10.1 Å². The van der Waals surface area contributed by atoms with Crippen molar-refractivity contribution in [1.82, 2.24) is 10.7 Å². The van der Waals surface area contributed by atoms with E-state index < -0.39 is 0 Å². The van der Waals surface area contributed by atoms with Gasteiger partial charge in [0.1, 0.15) is 12.4 Å². The number of ether oxygens (including phenoxy) is 1. The van der Waals surface area contributed by atoms with Gasteiger partial charge in [-0.3, -0.25) is 9.59 Å². The van der Waals surface area contributed by atoms with Crippen LogP contribution in [-0.2, 0) is 11.4 Å². The van der Waals surface area contributed by atoms with Crippen LogP contribution in [0.2, 0.25) is 20.1 Å². The van der Waals surface area contributed by atoms with Gasteiger partial charge in [-0.15, -0.1) is 0 Å². The first-order valence-corrected chi connectivity index (χ1v) is 11.5. The average Bonchev–Trinajstić information content (AvgIpc) is 2.80. The third kappa shape index (κ3) is 7.92. The third-order valence-electron chi connectivity index (χ3n) is 4.47. The van der Waals surface area contributed by atoms with Crippen LogP contribution in [0.4, 0.5) is 0 Å². The summed E-state index contributed by atoms with van der Waals surface area (Å²) in [4.78, 5) is 24.2. The zero-order valence-corrected chi connectivity index (χ0v) is 20.7. The first-order chi connectivity index (χ1) is 16.3. The molecule has 6 nitrogen and oxygen atoms in total. The summed E-state index contributed by atoms with van der Waals surface area (Å²) < 4.78 is 5.85. The van der Waals surface area contributed by atoms with Crippen molar-refractivity contribution in [2.45, 2.75) is 13.0 Å². The molecule has 0 radical (unpaired) electrons. The number of amides is 2. The second-order valence-electron chi connectivity index (χ2n) is 7.03. The summed E-state index contributed by atoms with van der Waals surface area (Å²) in [6, 6.07) is 17.0. The van der Waals surface area contributed by atoms with Crippen LogP contribution in [0.3, 0.4) is 0 Å². The first-order valence-electron chi connectivity index (χ1n) is 10.0. The van der Waals surface area contributed by atoms with Gasteiger partial charge in [0.2, 0.25) is 5.91 Å². The van der Waals surface area contributed by atoms with Crippen molar-refractivity contribution in [3.8, 4) is 5.75 Å². The van der Waals surface area contributed by atoms with Crippen molar-refractivity contribution in [3.63, 3.8) is 0 Å². The highest BCUT2D eigenvalue weighted by Crippen LogP contribution is 2.24. The number of hydrogen-bond donors (Lipinski definition) is 2. The largest absolute Gasteiger partial charge is 0.488 e. The Morgan fingerprint density at radius 1 is 0.912 bits per heavy atom. The highest BCUT2D eigenvalue weighted by atomic mass is 35.5. The summed E-state index contributed by atoms with van der Waals surface area (Å²) in [5.41, 5.74) is 4.25. The number of nitrogens with one attached hydrogen (secondary N) is 2. The minimum absolute atomic E-state index is 0.0259. The van der Waals surface area contributed by atoms with E-state index in [0.717, 1.165) is 5.56 Å². The Balaban J connectivity index is 1.50. The number of carbonyl (C=O) groups excluding carboxylic acids is 2. The second kappa shape index (κ2) is 12.6. The molecule has 34 heavy (non-hydrogen) atoms. The van der Waals surface area contributed by atoms with Crippen molar-refractivity contribution in [2.24, 2.45) is 5.10 Å². The zero-order valence-electron chi connectivity index (χ0n) is 17.7. The van der Waals surface area contributed by atoms with Gasteiger partial charge in [0.05, 0.1) is 16.3 Å². The highest BCUT2D eigenvalue weighted by molar-refractivity contribution is 6.42. The quantitative estimate of drug-likeness (QED) is 0.253.